The number of carbonyl (C=O) groups is 1. The van der Waals surface area contributed by atoms with Gasteiger partial charge in [0.05, 0.1) is 29.1 Å². The molecule has 5 rings (SSSR count). The lowest BCUT2D eigenvalue weighted by Crippen LogP contribution is -2.20. The van der Waals surface area contributed by atoms with Crippen LogP contribution in [-0.2, 0) is 17.8 Å². The van der Waals surface area contributed by atoms with Gasteiger partial charge in [-0.3, -0.25) is 4.79 Å². The summed E-state index contributed by atoms with van der Waals surface area (Å²) in [7, 11) is 1.64. The highest BCUT2D eigenvalue weighted by Gasteiger charge is 2.30. The highest BCUT2D eigenvalue weighted by molar-refractivity contribution is 7.10. The van der Waals surface area contributed by atoms with Gasteiger partial charge in [0.15, 0.2) is 11.4 Å². The van der Waals surface area contributed by atoms with E-state index in [1.165, 1.54) is 4.88 Å². The van der Waals surface area contributed by atoms with E-state index in [-0.39, 0.29) is 11.7 Å². The number of aromatic nitrogens is 3. The van der Waals surface area contributed by atoms with Gasteiger partial charge in [0.1, 0.15) is 0 Å². The molecule has 0 amide bonds. The van der Waals surface area contributed by atoms with Gasteiger partial charge in [-0.1, -0.05) is 29.8 Å². The largest absolute Gasteiger partial charge is 0.378 e. The number of Topliss-reactive ketones (excluding diaryl/α,β-unsaturated/α-hetero) is 1. The molecule has 1 atom stereocenters. The van der Waals surface area contributed by atoms with Crippen molar-refractivity contribution in [2.24, 2.45) is 0 Å². The molecule has 1 aromatic carbocycles. The molecule has 5 nitrogen and oxygen atoms in total. The zero-order valence-corrected chi connectivity index (χ0v) is 17.3. The van der Waals surface area contributed by atoms with E-state index in [4.69, 9.17) is 21.3 Å². The Labute approximate surface area is 176 Å². The third-order valence-corrected chi connectivity index (χ3v) is 6.54. The number of halogens is 1. The first-order chi connectivity index (χ1) is 14.1. The number of fused-ring (bicyclic) bond motifs is 2. The first kappa shape index (κ1) is 18.5. The van der Waals surface area contributed by atoms with E-state index in [9.17, 15) is 4.79 Å². The summed E-state index contributed by atoms with van der Waals surface area (Å²) in [6.07, 6.45) is 3.07. The first-order valence-corrected chi connectivity index (χ1v) is 10.6. The Kier molecular flexibility index (Phi) is 4.70. The van der Waals surface area contributed by atoms with Crippen molar-refractivity contribution in [1.82, 2.24) is 14.6 Å². The predicted molar refractivity (Wildman–Crippen MR) is 114 cm³/mol. The van der Waals surface area contributed by atoms with Gasteiger partial charge in [0.2, 0.25) is 0 Å². The summed E-state index contributed by atoms with van der Waals surface area (Å²) in [5.74, 6) is 0.299. The summed E-state index contributed by atoms with van der Waals surface area (Å²) in [6, 6.07) is 11.8. The Morgan fingerprint density at radius 3 is 2.93 bits per heavy atom. The van der Waals surface area contributed by atoms with Gasteiger partial charge in [-0.05, 0) is 35.6 Å². The van der Waals surface area contributed by atoms with E-state index >= 15 is 0 Å². The zero-order valence-electron chi connectivity index (χ0n) is 15.8. The summed E-state index contributed by atoms with van der Waals surface area (Å²) in [5.41, 5.74) is 4.81. The van der Waals surface area contributed by atoms with Crippen molar-refractivity contribution in [3.63, 3.8) is 0 Å². The summed E-state index contributed by atoms with van der Waals surface area (Å²) < 4.78 is 7.06. The number of rotatable bonds is 4. The van der Waals surface area contributed by atoms with Crippen LogP contribution in [0, 0.1) is 0 Å². The number of hydrogen-bond donors (Lipinski definition) is 0. The Morgan fingerprint density at radius 1 is 1.28 bits per heavy atom. The van der Waals surface area contributed by atoms with Gasteiger partial charge in [-0.2, -0.15) is 5.10 Å². The fourth-order valence-electron chi connectivity index (χ4n) is 3.98. The van der Waals surface area contributed by atoms with Crippen LogP contribution in [0.25, 0.3) is 16.8 Å². The van der Waals surface area contributed by atoms with Crippen LogP contribution in [0.3, 0.4) is 0 Å². The maximum Gasteiger partial charge on any atom is 0.166 e. The Bertz CT molecular complexity index is 1220. The monoisotopic (exact) mass is 423 g/mol. The summed E-state index contributed by atoms with van der Waals surface area (Å²) in [5, 5.41) is 7.36. The highest BCUT2D eigenvalue weighted by atomic mass is 35.5. The van der Waals surface area contributed by atoms with Gasteiger partial charge in [-0.15, -0.1) is 11.3 Å². The van der Waals surface area contributed by atoms with E-state index in [0.29, 0.717) is 23.6 Å². The molecule has 0 saturated carbocycles. The van der Waals surface area contributed by atoms with Crippen LogP contribution in [0.5, 0.6) is 0 Å². The minimum atomic E-state index is 0.118. The third-order valence-electron chi connectivity index (χ3n) is 5.27. The molecule has 146 valence electrons. The van der Waals surface area contributed by atoms with Gasteiger partial charge < -0.3 is 4.74 Å². The molecule has 4 aromatic rings. The highest BCUT2D eigenvalue weighted by Crippen LogP contribution is 2.36. The SMILES string of the molecule is COCc1nn2cc3c(nc2c1-c1cccc(Cl)c1)CC(c1cccs1)CC3=O. The number of thiophene rings is 1. The quantitative estimate of drug-likeness (QED) is 0.454. The molecule has 0 bridgehead atoms. The third kappa shape index (κ3) is 3.27. The van der Waals surface area contributed by atoms with E-state index in [1.54, 1.807) is 23.0 Å². The molecular weight excluding hydrogens is 406 g/mol. The van der Waals surface area contributed by atoms with E-state index in [1.807, 2.05) is 36.5 Å². The van der Waals surface area contributed by atoms with Crippen LogP contribution < -0.4 is 0 Å². The lowest BCUT2D eigenvalue weighted by Gasteiger charge is -2.22. The van der Waals surface area contributed by atoms with Crippen molar-refractivity contribution in [2.45, 2.75) is 25.4 Å². The second-order valence-corrected chi connectivity index (χ2v) is 8.59. The summed E-state index contributed by atoms with van der Waals surface area (Å²) in [6.45, 7) is 0.349. The molecule has 1 unspecified atom stereocenters. The summed E-state index contributed by atoms with van der Waals surface area (Å²) in [4.78, 5) is 19.0. The molecule has 3 aromatic heterocycles. The van der Waals surface area contributed by atoms with Gasteiger partial charge in [0, 0.05) is 35.5 Å². The molecule has 0 radical (unpaired) electrons. The fraction of sp³-hybridized carbons (Fsp3) is 0.227. The topological polar surface area (TPSA) is 56.5 Å². The standard InChI is InChI=1S/C22H18ClN3O2S/c1-28-12-18-21(13-4-2-5-15(23)8-13)22-24-17-9-14(20-6-3-7-29-20)10-19(27)16(17)11-26(22)25-18/h2-8,11,14H,9-10,12H2,1H3. The maximum absolute atomic E-state index is 12.8. The first-order valence-electron chi connectivity index (χ1n) is 9.36. The number of methoxy groups -OCH3 is 1. The number of hydrogen-bond acceptors (Lipinski definition) is 5. The smallest absolute Gasteiger partial charge is 0.166 e. The molecule has 3 heterocycles. The lowest BCUT2D eigenvalue weighted by molar-refractivity contribution is 0.0963. The van der Waals surface area contributed by atoms with Crippen molar-refractivity contribution in [1.29, 1.82) is 0 Å². The van der Waals surface area contributed by atoms with Crippen molar-refractivity contribution in [2.75, 3.05) is 7.11 Å². The van der Waals surface area contributed by atoms with Crippen LogP contribution >= 0.6 is 22.9 Å². The second-order valence-electron chi connectivity index (χ2n) is 7.18. The normalized spacial score (nSPS) is 16.3. The molecule has 0 aliphatic heterocycles. The lowest BCUT2D eigenvalue weighted by atomic mass is 9.85. The number of carbonyl (C=O) groups excluding carboxylic acids is 1. The number of nitrogens with zero attached hydrogens (tertiary/aromatic N) is 3. The number of benzene rings is 1. The fourth-order valence-corrected chi connectivity index (χ4v) is 5.00. The van der Waals surface area contributed by atoms with Crippen LogP contribution in [0.1, 0.15) is 39.0 Å². The van der Waals surface area contributed by atoms with Crippen molar-refractivity contribution >= 4 is 34.4 Å². The Hall–Kier alpha value is -2.54. The average molecular weight is 424 g/mol. The van der Waals surface area contributed by atoms with Gasteiger partial charge in [-0.25, -0.2) is 9.50 Å². The predicted octanol–water partition coefficient (Wildman–Crippen LogP) is 5.17. The van der Waals surface area contributed by atoms with Gasteiger partial charge in [0.25, 0.3) is 0 Å². The van der Waals surface area contributed by atoms with Crippen molar-refractivity contribution in [3.05, 3.63) is 74.8 Å². The van der Waals surface area contributed by atoms with Crippen LogP contribution in [0.4, 0.5) is 0 Å². The minimum Gasteiger partial charge on any atom is -0.378 e. The molecule has 0 saturated heterocycles. The molecular formula is C22H18ClN3O2S. The number of ketones is 1. The van der Waals surface area contributed by atoms with E-state index < -0.39 is 0 Å². The van der Waals surface area contributed by atoms with E-state index in [2.05, 4.69) is 16.5 Å². The van der Waals surface area contributed by atoms with Crippen LogP contribution in [0.2, 0.25) is 5.02 Å². The second kappa shape index (κ2) is 7.37. The maximum atomic E-state index is 12.8. The molecule has 0 N–H and O–H groups in total. The van der Waals surface area contributed by atoms with Crippen molar-refractivity contribution < 1.29 is 9.53 Å². The zero-order chi connectivity index (χ0) is 20.0. The molecule has 1 aliphatic carbocycles. The summed E-state index contributed by atoms with van der Waals surface area (Å²) >= 11 is 7.92. The molecule has 7 heteroatoms. The average Bonchev–Trinajstić information content (AvgIpc) is 3.34. The Balaban J connectivity index is 1.68. The van der Waals surface area contributed by atoms with Crippen molar-refractivity contribution in [3.8, 4) is 11.1 Å². The molecule has 0 fully saturated rings. The van der Waals surface area contributed by atoms with Gasteiger partial charge >= 0.3 is 0 Å². The van der Waals surface area contributed by atoms with Crippen LogP contribution in [-0.4, -0.2) is 27.5 Å². The van der Waals surface area contributed by atoms with E-state index in [0.717, 1.165) is 34.6 Å². The van der Waals surface area contributed by atoms with Crippen LogP contribution in [0.15, 0.2) is 48.0 Å². The number of ether oxygens (including phenoxy) is 1. The molecule has 1 aliphatic rings. The minimum absolute atomic E-state index is 0.118. The Morgan fingerprint density at radius 2 is 2.17 bits per heavy atom. The molecule has 0 spiro atoms. The molecule has 29 heavy (non-hydrogen) atoms.